The topological polar surface area (TPSA) is 82.2 Å². The molecule has 2 saturated heterocycles. The Bertz CT molecular complexity index is 843. The molecule has 1 N–H and O–H groups in total. The minimum Gasteiger partial charge on any atom is -0.383 e. The van der Waals surface area contributed by atoms with E-state index in [0.29, 0.717) is 44.0 Å². The van der Waals surface area contributed by atoms with Crippen molar-refractivity contribution in [3.8, 4) is 0 Å². The first-order valence-electron chi connectivity index (χ1n) is 10.9. The van der Waals surface area contributed by atoms with Crippen LogP contribution in [0.3, 0.4) is 0 Å². The van der Waals surface area contributed by atoms with Crippen LogP contribution in [0.15, 0.2) is 24.3 Å². The Balaban J connectivity index is 1.32. The molecule has 8 nitrogen and oxygen atoms in total. The van der Waals surface area contributed by atoms with Gasteiger partial charge in [0.25, 0.3) is 0 Å². The molecule has 31 heavy (non-hydrogen) atoms. The standard InChI is InChI=1S/C22H29ClN4O4/c1-31-12-11-27-21(29)18-6-5-15(13-19(18)24-22(27)30)20(28)26-9-7-25(8-10-26)17-4-2-3-16(23)14-17/h2-4,14-15,18-19H,5-13H2,1H3,(H,24,30). The fraction of sp³-hybridized carbons (Fsp3) is 0.591. The van der Waals surface area contributed by atoms with Crippen molar-refractivity contribution in [1.82, 2.24) is 15.1 Å². The first-order chi connectivity index (χ1) is 15.0. The Kier molecular flexibility index (Phi) is 6.67. The molecule has 3 aliphatic rings. The minimum absolute atomic E-state index is 0.132. The first kappa shape index (κ1) is 21.9. The van der Waals surface area contributed by atoms with Crippen LogP contribution >= 0.6 is 11.6 Å². The molecule has 3 atom stereocenters. The van der Waals surface area contributed by atoms with Crippen LogP contribution in [-0.4, -0.2) is 80.1 Å². The lowest BCUT2D eigenvalue weighted by Gasteiger charge is -2.43. The van der Waals surface area contributed by atoms with Crippen molar-refractivity contribution in [1.29, 1.82) is 0 Å². The summed E-state index contributed by atoms with van der Waals surface area (Å²) in [5.74, 6) is -0.421. The van der Waals surface area contributed by atoms with E-state index in [1.165, 1.54) is 4.90 Å². The van der Waals surface area contributed by atoms with Gasteiger partial charge in [-0.3, -0.25) is 14.5 Å². The number of nitrogens with one attached hydrogen (secondary N) is 1. The molecule has 1 aromatic carbocycles. The van der Waals surface area contributed by atoms with Crippen LogP contribution in [0, 0.1) is 11.8 Å². The average Bonchev–Trinajstić information content (AvgIpc) is 2.78. The monoisotopic (exact) mass is 448 g/mol. The summed E-state index contributed by atoms with van der Waals surface area (Å²) in [5, 5.41) is 3.65. The molecule has 0 spiro atoms. The van der Waals surface area contributed by atoms with E-state index in [0.717, 1.165) is 18.8 Å². The maximum atomic E-state index is 13.2. The molecule has 0 aromatic heterocycles. The molecule has 168 valence electrons. The van der Waals surface area contributed by atoms with E-state index in [2.05, 4.69) is 10.2 Å². The number of hydrogen-bond donors (Lipinski definition) is 1. The normalized spacial score (nSPS) is 26.5. The summed E-state index contributed by atoms with van der Waals surface area (Å²) in [4.78, 5) is 43.7. The molecule has 2 heterocycles. The van der Waals surface area contributed by atoms with Crippen LogP contribution in [0.25, 0.3) is 0 Å². The summed E-state index contributed by atoms with van der Waals surface area (Å²) in [6.07, 6.45) is 1.81. The van der Waals surface area contributed by atoms with Gasteiger partial charge in [0.15, 0.2) is 0 Å². The Morgan fingerprint density at radius 1 is 1.19 bits per heavy atom. The van der Waals surface area contributed by atoms with Gasteiger partial charge < -0.3 is 19.9 Å². The van der Waals surface area contributed by atoms with Crippen molar-refractivity contribution < 1.29 is 19.1 Å². The van der Waals surface area contributed by atoms with Gasteiger partial charge in [-0.25, -0.2) is 4.79 Å². The van der Waals surface area contributed by atoms with E-state index in [1.54, 1.807) is 7.11 Å². The summed E-state index contributed by atoms with van der Waals surface area (Å²) in [5.41, 5.74) is 1.07. The SMILES string of the molecule is COCCN1C(=O)NC2CC(C(=O)N3CCN(c4cccc(Cl)c4)CC3)CCC2C1=O. The van der Waals surface area contributed by atoms with E-state index in [-0.39, 0.29) is 42.3 Å². The van der Waals surface area contributed by atoms with Crippen molar-refractivity contribution in [2.24, 2.45) is 11.8 Å². The number of hydrogen-bond acceptors (Lipinski definition) is 5. The number of nitrogens with zero attached hydrogens (tertiary/aromatic N) is 3. The number of rotatable bonds is 5. The number of halogens is 1. The fourth-order valence-electron chi connectivity index (χ4n) is 4.90. The second-order valence-electron chi connectivity index (χ2n) is 8.45. The van der Waals surface area contributed by atoms with Crippen molar-refractivity contribution >= 4 is 35.1 Å². The molecule has 3 fully saturated rings. The summed E-state index contributed by atoms with van der Waals surface area (Å²) in [7, 11) is 1.54. The van der Waals surface area contributed by atoms with Crippen molar-refractivity contribution in [2.75, 3.05) is 51.3 Å². The second-order valence-corrected chi connectivity index (χ2v) is 8.88. The van der Waals surface area contributed by atoms with Crippen LogP contribution in [-0.2, 0) is 14.3 Å². The molecule has 4 rings (SSSR count). The molecule has 1 saturated carbocycles. The molecule has 3 unspecified atom stereocenters. The third-order valence-corrected chi connectivity index (χ3v) is 6.86. The van der Waals surface area contributed by atoms with Gasteiger partial charge in [0, 0.05) is 56.0 Å². The second kappa shape index (κ2) is 9.44. The van der Waals surface area contributed by atoms with Gasteiger partial charge in [0.2, 0.25) is 11.8 Å². The van der Waals surface area contributed by atoms with E-state index in [9.17, 15) is 14.4 Å². The summed E-state index contributed by atoms with van der Waals surface area (Å²) >= 11 is 6.10. The summed E-state index contributed by atoms with van der Waals surface area (Å²) in [6, 6.07) is 7.11. The predicted molar refractivity (Wildman–Crippen MR) is 117 cm³/mol. The lowest BCUT2D eigenvalue weighted by molar-refractivity contribution is -0.143. The number of carbonyl (C=O) groups is 3. The number of urea groups is 1. The number of fused-ring (bicyclic) bond motifs is 1. The van der Waals surface area contributed by atoms with Gasteiger partial charge in [0.1, 0.15) is 0 Å². The number of piperazine rings is 1. The molecule has 4 amide bonds. The highest BCUT2D eigenvalue weighted by Gasteiger charge is 2.45. The molecule has 2 aliphatic heterocycles. The Morgan fingerprint density at radius 3 is 2.68 bits per heavy atom. The summed E-state index contributed by atoms with van der Waals surface area (Å²) < 4.78 is 5.00. The Morgan fingerprint density at radius 2 is 1.97 bits per heavy atom. The summed E-state index contributed by atoms with van der Waals surface area (Å²) in [6.45, 7) is 3.41. The molecular formula is C22H29ClN4O4. The lowest BCUT2D eigenvalue weighted by atomic mass is 9.76. The van der Waals surface area contributed by atoms with Crippen LogP contribution in [0.5, 0.6) is 0 Å². The number of imide groups is 1. The molecule has 1 aliphatic carbocycles. The molecule has 1 aromatic rings. The van der Waals surface area contributed by atoms with Gasteiger partial charge in [-0.1, -0.05) is 17.7 Å². The highest BCUT2D eigenvalue weighted by molar-refractivity contribution is 6.30. The van der Waals surface area contributed by atoms with Crippen LogP contribution in [0.4, 0.5) is 10.5 Å². The van der Waals surface area contributed by atoms with Gasteiger partial charge in [0.05, 0.1) is 19.1 Å². The van der Waals surface area contributed by atoms with E-state index < -0.39 is 0 Å². The van der Waals surface area contributed by atoms with Gasteiger partial charge in [-0.05, 0) is 37.5 Å². The minimum atomic E-state index is -0.383. The van der Waals surface area contributed by atoms with Gasteiger partial charge in [-0.2, -0.15) is 0 Å². The molecular weight excluding hydrogens is 420 g/mol. The van der Waals surface area contributed by atoms with Crippen LogP contribution in [0.1, 0.15) is 19.3 Å². The highest BCUT2D eigenvalue weighted by atomic mass is 35.5. The Labute approximate surface area is 187 Å². The maximum absolute atomic E-state index is 13.2. The first-order valence-corrected chi connectivity index (χ1v) is 11.3. The number of methoxy groups -OCH3 is 1. The van der Waals surface area contributed by atoms with Crippen molar-refractivity contribution in [2.45, 2.75) is 25.3 Å². The van der Waals surface area contributed by atoms with Crippen LogP contribution < -0.4 is 10.2 Å². The number of ether oxygens (including phenoxy) is 1. The zero-order chi connectivity index (χ0) is 22.0. The average molecular weight is 449 g/mol. The molecule has 0 bridgehead atoms. The fourth-order valence-corrected chi connectivity index (χ4v) is 5.08. The van der Waals surface area contributed by atoms with Gasteiger partial charge >= 0.3 is 6.03 Å². The van der Waals surface area contributed by atoms with Crippen molar-refractivity contribution in [3.63, 3.8) is 0 Å². The lowest BCUT2D eigenvalue weighted by Crippen LogP contribution is -2.62. The van der Waals surface area contributed by atoms with Gasteiger partial charge in [-0.15, -0.1) is 0 Å². The smallest absolute Gasteiger partial charge is 0.324 e. The zero-order valence-electron chi connectivity index (χ0n) is 17.8. The quantitative estimate of drug-likeness (QED) is 0.744. The number of anilines is 1. The predicted octanol–water partition coefficient (Wildman–Crippen LogP) is 1.97. The maximum Gasteiger partial charge on any atom is 0.324 e. The molecule has 9 heteroatoms. The number of benzene rings is 1. The molecule has 0 radical (unpaired) electrons. The number of carbonyl (C=O) groups excluding carboxylic acids is 3. The van der Waals surface area contributed by atoms with E-state index in [1.807, 2.05) is 29.2 Å². The van der Waals surface area contributed by atoms with Crippen LogP contribution in [0.2, 0.25) is 5.02 Å². The van der Waals surface area contributed by atoms with E-state index >= 15 is 0 Å². The van der Waals surface area contributed by atoms with Crippen molar-refractivity contribution in [3.05, 3.63) is 29.3 Å². The largest absolute Gasteiger partial charge is 0.383 e. The van der Waals surface area contributed by atoms with E-state index in [4.69, 9.17) is 16.3 Å². The third kappa shape index (κ3) is 4.65. The third-order valence-electron chi connectivity index (χ3n) is 6.62. The number of amides is 4. The zero-order valence-corrected chi connectivity index (χ0v) is 18.5. The highest BCUT2D eigenvalue weighted by Crippen LogP contribution is 2.34. The Hall–Kier alpha value is -2.32.